The minimum Gasteiger partial charge on any atom is -0.300 e. The predicted molar refractivity (Wildman–Crippen MR) is 56.1 cm³/mol. The average molecular weight is 236 g/mol. The van der Waals surface area contributed by atoms with Gasteiger partial charge in [0, 0.05) is 19.3 Å². The summed E-state index contributed by atoms with van der Waals surface area (Å²) < 4.78 is 35.5. The zero-order valence-electron chi connectivity index (χ0n) is 9.48. The van der Waals surface area contributed by atoms with E-state index in [1.165, 1.54) is 25.7 Å². The summed E-state index contributed by atoms with van der Waals surface area (Å²) >= 11 is 0. The molecule has 0 aliphatic heterocycles. The van der Waals surface area contributed by atoms with E-state index in [2.05, 4.69) is 0 Å². The molecule has 0 amide bonds. The molecule has 0 atom stereocenters. The van der Waals surface area contributed by atoms with Gasteiger partial charge in [-0.3, -0.25) is 4.79 Å². The number of halogens is 3. The predicted octanol–water partition coefficient (Wildman–Crippen LogP) is 4.26. The topological polar surface area (TPSA) is 17.1 Å². The molecule has 0 bridgehead atoms. The Balaban J connectivity index is 2.02. The molecule has 4 heteroatoms. The third-order valence-electron chi connectivity index (χ3n) is 3.22. The molecule has 0 aromatic rings. The van der Waals surface area contributed by atoms with Crippen LogP contribution in [0.25, 0.3) is 0 Å². The summed E-state index contributed by atoms with van der Waals surface area (Å²) in [5.74, 6) is 0.641. The summed E-state index contributed by atoms with van der Waals surface area (Å²) in [6, 6.07) is 0. The summed E-state index contributed by atoms with van der Waals surface area (Å²) in [6.45, 7) is 0. The SMILES string of the molecule is O=C(CCCC(F)(F)F)CCC1CCCC1. The highest BCUT2D eigenvalue weighted by molar-refractivity contribution is 5.78. The van der Waals surface area contributed by atoms with E-state index >= 15 is 0 Å². The first-order valence-corrected chi connectivity index (χ1v) is 6.06. The maximum absolute atomic E-state index is 11.8. The lowest BCUT2D eigenvalue weighted by molar-refractivity contribution is -0.137. The molecule has 1 saturated carbocycles. The smallest absolute Gasteiger partial charge is 0.300 e. The van der Waals surface area contributed by atoms with E-state index in [0.717, 1.165) is 6.42 Å². The Morgan fingerprint density at radius 1 is 1.12 bits per heavy atom. The number of alkyl halides is 3. The fourth-order valence-electron chi connectivity index (χ4n) is 2.28. The van der Waals surface area contributed by atoms with Gasteiger partial charge in [0.2, 0.25) is 0 Å². The van der Waals surface area contributed by atoms with Crippen LogP contribution in [0, 0.1) is 5.92 Å². The van der Waals surface area contributed by atoms with Gasteiger partial charge in [-0.05, 0) is 18.8 Å². The Hall–Kier alpha value is -0.540. The highest BCUT2D eigenvalue weighted by Gasteiger charge is 2.26. The Morgan fingerprint density at radius 3 is 2.31 bits per heavy atom. The molecule has 0 heterocycles. The Morgan fingerprint density at radius 2 is 1.75 bits per heavy atom. The number of hydrogen-bond donors (Lipinski definition) is 0. The van der Waals surface area contributed by atoms with E-state index in [1.807, 2.05) is 0 Å². The molecule has 1 aliphatic carbocycles. The molecule has 0 saturated heterocycles. The van der Waals surface area contributed by atoms with Crippen LogP contribution >= 0.6 is 0 Å². The van der Waals surface area contributed by atoms with Crippen molar-refractivity contribution in [3.8, 4) is 0 Å². The quantitative estimate of drug-likeness (QED) is 0.673. The van der Waals surface area contributed by atoms with Crippen LogP contribution in [0.4, 0.5) is 13.2 Å². The van der Waals surface area contributed by atoms with Crippen LogP contribution in [-0.2, 0) is 4.79 Å². The molecular weight excluding hydrogens is 217 g/mol. The number of hydrogen-bond acceptors (Lipinski definition) is 1. The molecule has 0 spiro atoms. The summed E-state index contributed by atoms with van der Waals surface area (Å²) in [7, 11) is 0. The molecule has 1 nitrogen and oxygen atoms in total. The van der Waals surface area contributed by atoms with Gasteiger partial charge in [0.15, 0.2) is 0 Å². The van der Waals surface area contributed by atoms with Crippen molar-refractivity contribution < 1.29 is 18.0 Å². The van der Waals surface area contributed by atoms with Crippen LogP contribution in [0.3, 0.4) is 0 Å². The Labute approximate surface area is 94.4 Å². The first kappa shape index (κ1) is 13.5. The van der Waals surface area contributed by atoms with Crippen molar-refractivity contribution in [2.45, 2.75) is 64.0 Å². The Kier molecular flexibility index (Phi) is 5.29. The maximum Gasteiger partial charge on any atom is 0.389 e. The molecule has 0 aromatic carbocycles. The van der Waals surface area contributed by atoms with E-state index in [0.29, 0.717) is 12.3 Å². The minimum absolute atomic E-state index is 0.00356. The summed E-state index contributed by atoms with van der Waals surface area (Å²) in [5, 5.41) is 0. The van der Waals surface area contributed by atoms with Gasteiger partial charge < -0.3 is 0 Å². The van der Waals surface area contributed by atoms with Crippen molar-refractivity contribution in [2.24, 2.45) is 5.92 Å². The third kappa shape index (κ3) is 6.13. The first-order valence-electron chi connectivity index (χ1n) is 6.06. The van der Waals surface area contributed by atoms with Crippen molar-refractivity contribution in [1.29, 1.82) is 0 Å². The molecule has 1 aliphatic rings. The van der Waals surface area contributed by atoms with Gasteiger partial charge in [-0.15, -0.1) is 0 Å². The fraction of sp³-hybridized carbons (Fsp3) is 0.917. The molecule has 1 rings (SSSR count). The molecule has 1 fully saturated rings. The van der Waals surface area contributed by atoms with Gasteiger partial charge >= 0.3 is 6.18 Å². The molecule has 0 N–H and O–H groups in total. The van der Waals surface area contributed by atoms with Crippen LogP contribution < -0.4 is 0 Å². The van der Waals surface area contributed by atoms with Crippen LogP contribution in [0.15, 0.2) is 0 Å². The van der Waals surface area contributed by atoms with Crippen LogP contribution in [-0.4, -0.2) is 12.0 Å². The first-order chi connectivity index (χ1) is 7.47. The van der Waals surface area contributed by atoms with Crippen LogP contribution in [0.5, 0.6) is 0 Å². The fourth-order valence-corrected chi connectivity index (χ4v) is 2.28. The lowest BCUT2D eigenvalue weighted by Crippen LogP contribution is -2.09. The van der Waals surface area contributed by atoms with E-state index in [1.54, 1.807) is 0 Å². The molecule has 0 aromatic heterocycles. The van der Waals surface area contributed by atoms with E-state index in [-0.39, 0.29) is 18.6 Å². The summed E-state index contributed by atoms with van der Waals surface area (Å²) in [4.78, 5) is 11.3. The highest BCUT2D eigenvalue weighted by Crippen LogP contribution is 2.29. The zero-order chi connectivity index (χ0) is 12.0. The van der Waals surface area contributed by atoms with Gasteiger partial charge in [-0.2, -0.15) is 13.2 Å². The van der Waals surface area contributed by atoms with Gasteiger partial charge in [0.1, 0.15) is 5.78 Å². The summed E-state index contributed by atoms with van der Waals surface area (Å²) in [5.41, 5.74) is 0. The highest BCUT2D eigenvalue weighted by atomic mass is 19.4. The third-order valence-corrected chi connectivity index (χ3v) is 3.22. The number of carbonyl (C=O) groups excluding carboxylic acids is 1. The average Bonchev–Trinajstić information content (AvgIpc) is 2.65. The van der Waals surface area contributed by atoms with Crippen molar-refractivity contribution in [3.05, 3.63) is 0 Å². The lowest BCUT2D eigenvalue weighted by Gasteiger charge is -2.08. The lowest BCUT2D eigenvalue weighted by atomic mass is 9.98. The molecule has 94 valence electrons. The number of carbonyl (C=O) groups is 1. The standard InChI is InChI=1S/C12H19F3O/c13-12(14,15)9-3-6-11(16)8-7-10-4-1-2-5-10/h10H,1-9H2. The second kappa shape index (κ2) is 6.26. The largest absolute Gasteiger partial charge is 0.389 e. The van der Waals surface area contributed by atoms with Crippen molar-refractivity contribution in [2.75, 3.05) is 0 Å². The number of rotatable bonds is 6. The monoisotopic (exact) mass is 236 g/mol. The number of Topliss-reactive ketones (excluding diaryl/α,β-unsaturated/α-hetero) is 1. The normalized spacial score (nSPS) is 17.9. The van der Waals surface area contributed by atoms with Crippen molar-refractivity contribution >= 4 is 5.78 Å². The molecule has 0 unspecified atom stereocenters. The van der Waals surface area contributed by atoms with Gasteiger partial charge in [0.25, 0.3) is 0 Å². The van der Waals surface area contributed by atoms with Gasteiger partial charge in [-0.25, -0.2) is 0 Å². The van der Waals surface area contributed by atoms with E-state index < -0.39 is 12.6 Å². The second-order valence-corrected chi connectivity index (χ2v) is 4.70. The molecule has 16 heavy (non-hydrogen) atoms. The Bertz CT molecular complexity index is 217. The van der Waals surface area contributed by atoms with Crippen molar-refractivity contribution in [1.82, 2.24) is 0 Å². The summed E-state index contributed by atoms with van der Waals surface area (Å²) in [6.07, 6.45) is 1.31. The maximum atomic E-state index is 11.8. The van der Waals surface area contributed by atoms with Gasteiger partial charge in [-0.1, -0.05) is 25.7 Å². The van der Waals surface area contributed by atoms with E-state index in [4.69, 9.17) is 0 Å². The van der Waals surface area contributed by atoms with Gasteiger partial charge in [0.05, 0.1) is 0 Å². The molecule has 0 radical (unpaired) electrons. The number of ketones is 1. The van der Waals surface area contributed by atoms with Crippen molar-refractivity contribution in [3.63, 3.8) is 0 Å². The molecular formula is C12H19F3O. The second-order valence-electron chi connectivity index (χ2n) is 4.70. The minimum atomic E-state index is -4.12. The zero-order valence-corrected chi connectivity index (χ0v) is 9.48. The van der Waals surface area contributed by atoms with Crippen LogP contribution in [0.1, 0.15) is 57.8 Å². The van der Waals surface area contributed by atoms with Crippen LogP contribution in [0.2, 0.25) is 0 Å². The van der Waals surface area contributed by atoms with E-state index in [9.17, 15) is 18.0 Å².